The van der Waals surface area contributed by atoms with Crippen LogP contribution in [-0.2, 0) is 20.0 Å². The van der Waals surface area contributed by atoms with Gasteiger partial charge in [-0.25, -0.2) is 4.98 Å². The Morgan fingerprint density at radius 2 is 2.12 bits per heavy atom. The van der Waals surface area contributed by atoms with Gasteiger partial charge in [-0.15, -0.1) is 0 Å². The number of anilines is 1. The van der Waals surface area contributed by atoms with Gasteiger partial charge in [-0.3, -0.25) is 4.68 Å². The van der Waals surface area contributed by atoms with E-state index in [1.807, 2.05) is 25.2 Å². The molecule has 0 radical (unpaired) electrons. The highest BCUT2D eigenvalue weighted by molar-refractivity contribution is 6.36. The molecule has 1 aliphatic rings. The first-order chi connectivity index (χ1) is 12.0. The fraction of sp³-hybridized carbons (Fsp3) is 0.278. The number of aryl methyl sites for hydroxylation is 1. The van der Waals surface area contributed by atoms with E-state index in [2.05, 4.69) is 28.1 Å². The van der Waals surface area contributed by atoms with E-state index in [1.165, 1.54) is 0 Å². The highest BCUT2D eigenvalue weighted by Gasteiger charge is 2.27. The normalized spacial score (nSPS) is 14.5. The van der Waals surface area contributed by atoms with E-state index in [-0.39, 0.29) is 5.82 Å². The number of nitrogen functional groups attached to an aromatic ring is 1. The standard InChI is InChI=1S/C18H17ClN6/c1-24-7-6-13-11(9-24)15(10(8-20)18(21)22-13)17-16-12(19)4-3-5-14(16)25(2)23-17/h3-5H,6-7,9H2,1-2H3,(H2,21,22). The summed E-state index contributed by atoms with van der Waals surface area (Å²) in [6.07, 6.45) is 0.799. The molecule has 126 valence electrons. The molecule has 0 bridgehead atoms. The molecule has 2 aromatic heterocycles. The summed E-state index contributed by atoms with van der Waals surface area (Å²) >= 11 is 6.48. The lowest BCUT2D eigenvalue weighted by Gasteiger charge is -2.27. The van der Waals surface area contributed by atoms with Crippen LogP contribution in [0.25, 0.3) is 22.2 Å². The number of likely N-dealkylation sites (N-methyl/N-ethyl adjacent to an activating group) is 1. The Hall–Kier alpha value is -2.62. The number of fused-ring (bicyclic) bond motifs is 2. The minimum absolute atomic E-state index is 0.256. The average Bonchev–Trinajstić information content (AvgIpc) is 2.92. The summed E-state index contributed by atoms with van der Waals surface area (Å²) < 4.78 is 1.78. The highest BCUT2D eigenvalue weighted by Crippen LogP contribution is 2.39. The van der Waals surface area contributed by atoms with Crippen molar-refractivity contribution >= 4 is 28.3 Å². The maximum absolute atomic E-state index is 9.73. The van der Waals surface area contributed by atoms with Gasteiger partial charge in [0.15, 0.2) is 0 Å². The topological polar surface area (TPSA) is 83.8 Å². The number of hydrogen-bond donors (Lipinski definition) is 1. The lowest BCUT2D eigenvalue weighted by molar-refractivity contribution is 0.310. The molecular formula is C18H17ClN6. The van der Waals surface area contributed by atoms with Crippen LogP contribution >= 0.6 is 11.6 Å². The number of nitriles is 1. The van der Waals surface area contributed by atoms with Gasteiger partial charge in [-0.1, -0.05) is 17.7 Å². The fourth-order valence-electron chi connectivity index (χ4n) is 3.54. The van der Waals surface area contributed by atoms with Crippen molar-refractivity contribution in [2.24, 2.45) is 7.05 Å². The van der Waals surface area contributed by atoms with E-state index < -0.39 is 0 Å². The van der Waals surface area contributed by atoms with E-state index in [0.717, 1.165) is 40.7 Å². The quantitative estimate of drug-likeness (QED) is 0.728. The molecule has 6 nitrogen and oxygen atoms in total. The number of aromatic nitrogens is 3. The monoisotopic (exact) mass is 352 g/mol. The molecular weight excluding hydrogens is 336 g/mol. The highest BCUT2D eigenvalue weighted by atomic mass is 35.5. The third-order valence-corrected chi connectivity index (χ3v) is 5.06. The van der Waals surface area contributed by atoms with Gasteiger partial charge in [0, 0.05) is 43.2 Å². The van der Waals surface area contributed by atoms with Crippen LogP contribution in [0.2, 0.25) is 5.02 Å². The predicted octanol–water partition coefficient (Wildman–Crippen LogP) is 2.73. The van der Waals surface area contributed by atoms with Crippen LogP contribution in [0.5, 0.6) is 0 Å². The zero-order chi connectivity index (χ0) is 17.7. The van der Waals surface area contributed by atoms with Gasteiger partial charge in [0.25, 0.3) is 0 Å². The third-order valence-electron chi connectivity index (χ3n) is 4.75. The van der Waals surface area contributed by atoms with Crippen molar-refractivity contribution in [2.75, 3.05) is 19.3 Å². The summed E-state index contributed by atoms with van der Waals surface area (Å²) in [5.41, 5.74) is 10.8. The van der Waals surface area contributed by atoms with E-state index in [1.54, 1.807) is 4.68 Å². The van der Waals surface area contributed by atoms with Crippen LogP contribution in [0.4, 0.5) is 5.82 Å². The van der Waals surface area contributed by atoms with Crippen molar-refractivity contribution < 1.29 is 0 Å². The maximum Gasteiger partial charge on any atom is 0.142 e. The summed E-state index contributed by atoms with van der Waals surface area (Å²) in [6, 6.07) is 7.92. The second-order valence-electron chi connectivity index (χ2n) is 6.38. The molecule has 3 aromatic rings. The van der Waals surface area contributed by atoms with E-state index >= 15 is 0 Å². The molecule has 0 atom stereocenters. The van der Waals surface area contributed by atoms with Gasteiger partial charge in [0.1, 0.15) is 23.1 Å². The molecule has 1 aromatic carbocycles. The molecule has 0 saturated carbocycles. The van der Waals surface area contributed by atoms with Crippen LogP contribution in [0, 0.1) is 11.3 Å². The molecule has 25 heavy (non-hydrogen) atoms. The molecule has 4 rings (SSSR count). The SMILES string of the molecule is CN1CCc2nc(N)c(C#N)c(-c3nn(C)c4cccc(Cl)c34)c2C1. The number of nitrogens with zero attached hydrogens (tertiary/aromatic N) is 5. The van der Waals surface area contributed by atoms with Gasteiger partial charge >= 0.3 is 0 Å². The number of benzene rings is 1. The largest absolute Gasteiger partial charge is 0.383 e. The second kappa shape index (κ2) is 5.73. The van der Waals surface area contributed by atoms with Crippen LogP contribution in [0.3, 0.4) is 0 Å². The van der Waals surface area contributed by atoms with E-state index in [4.69, 9.17) is 17.3 Å². The number of nitrogens with two attached hydrogens (primary N) is 1. The molecule has 0 saturated heterocycles. The van der Waals surface area contributed by atoms with Crippen LogP contribution in [0.15, 0.2) is 18.2 Å². The number of pyridine rings is 1. The Bertz CT molecular complexity index is 1050. The molecule has 0 fully saturated rings. The summed E-state index contributed by atoms with van der Waals surface area (Å²) in [6.45, 7) is 1.61. The Kier molecular flexibility index (Phi) is 3.64. The van der Waals surface area contributed by atoms with Crippen LogP contribution in [0.1, 0.15) is 16.8 Å². The molecule has 0 spiro atoms. The minimum Gasteiger partial charge on any atom is -0.383 e. The summed E-state index contributed by atoms with van der Waals surface area (Å²) in [7, 11) is 3.93. The van der Waals surface area contributed by atoms with Crippen LogP contribution < -0.4 is 5.73 Å². The Morgan fingerprint density at radius 3 is 2.88 bits per heavy atom. The summed E-state index contributed by atoms with van der Waals surface area (Å²) in [5, 5.41) is 15.9. The molecule has 0 unspecified atom stereocenters. The molecule has 7 heteroatoms. The molecule has 0 aliphatic carbocycles. The van der Waals surface area contributed by atoms with Crippen LogP contribution in [-0.4, -0.2) is 33.3 Å². The number of hydrogen-bond acceptors (Lipinski definition) is 5. The Balaban J connectivity index is 2.14. The summed E-state index contributed by atoms with van der Waals surface area (Å²) in [5.74, 6) is 0.256. The van der Waals surface area contributed by atoms with Crippen molar-refractivity contribution in [3.05, 3.63) is 40.0 Å². The van der Waals surface area contributed by atoms with Crippen molar-refractivity contribution in [3.63, 3.8) is 0 Å². The molecule has 2 N–H and O–H groups in total. The lowest BCUT2D eigenvalue weighted by atomic mass is 9.92. The molecule has 1 aliphatic heterocycles. The average molecular weight is 353 g/mol. The lowest BCUT2D eigenvalue weighted by Crippen LogP contribution is -2.28. The van der Waals surface area contributed by atoms with Gasteiger partial charge < -0.3 is 10.6 Å². The van der Waals surface area contributed by atoms with E-state index in [9.17, 15) is 5.26 Å². The smallest absolute Gasteiger partial charge is 0.142 e. The van der Waals surface area contributed by atoms with Gasteiger partial charge in [-0.05, 0) is 24.7 Å². The third kappa shape index (κ3) is 2.36. The zero-order valence-electron chi connectivity index (χ0n) is 14.0. The number of rotatable bonds is 1. The van der Waals surface area contributed by atoms with Gasteiger partial charge in [0.2, 0.25) is 0 Å². The summed E-state index contributed by atoms with van der Waals surface area (Å²) in [4.78, 5) is 6.68. The predicted molar refractivity (Wildman–Crippen MR) is 98.1 cm³/mol. The number of halogens is 1. The van der Waals surface area contributed by atoms with Gasteiger partial charge in [0.05, 0.1) is 10.5 Å². The Labute approximate surface area is 150 Å². The maximum atomic E-state index is 9.73. The first-order valence-electron chi connectivity index (χ1n) is 8.02. The zero-order valence-corrected chi connectivity index (χ0v) is 14.8. The molecule has 3 heterocycles. The van der Waals surface area contributed by atoms with E-state index in [0.29, 0.717) is 22.8 Å². The van der Waals surface area contributed by atoms with Crippen molar-refractivity contribution in [1.29, 1.82) is 5.26 Å². The second-order valence-corrected chi connectivity index (χ2v) is 6.79. The first-order valence-corrected chi connectivity index (χ1v) is 8.40. The van der Waals surface area contributed by atoms with Crippen molar-refractivity contribution in [3.8, 4) is 17.3 Å². The minimum atomic E-state index is 0.256. The van der Waals surface area contributed by atoms with Crippen molar-refractivity contribution in [1.82, 2.24) is 19.7 Å². The fourth-order valence-corrected chi connectivity index (χ4v) is 3.79. The van der Waals surface area contributed by atoms with Crippen molar-refractivity contribution in [2.45, 2.75) is 13.0 Å². The Morgan fingerprint density at radius 1 is 1.32 bits per heavy atom. The first kappa shape index (κ1) is 15.9. The van der Waals surface area contributed by atoms with Gasteiger partial charge in [-0.2, -0.15) is 10.4 Å². The molecule has 0 amide bonds.